The fraction of sp³-hybridized carbons (Fsp3) is 0.200. The first-order chi connectivity index (χ1) is 13.4. The van der Waals surface area contributed by atoms with Gasteiger partial charge in [0.2, 0.25) is 0 Å². The molecule has 0 aromatic heterocycles. The van der Waals surface area contributed by atoms with Crippen LogP contribution in [0.4, 0.5) is 5.69 Å². The lowest BCUT2D eigenvalue weighted by atomic mass is 10.0. The number of hydrogen-bond donors (Lipinski definition) is 1. The molecule has 0 radical (unpaired) electrons. The zero-order chi connectivity index (χ0) is 20.4. The van der Waals surface area contributed by atoms with Crippen molar-refractivity contribution < 1.29 is 19.4 Å². The molecule has 2 aromatic rings. The SMILES string of the molecule is COc1ccccc1C1=C(N(C)CCO)C(=O)N(c2ccc(Cl)c(Cl)c2)C1=O. The van der Waals surface area contributed by atoms with Gasteiger partial charge < -0.3 is 14.7 Å². The number of likely N-dealkylation sites (N-methyl/N-ethyl adjacent to an activating group) is 1. The smallest absolute Gasteiger partial charge is 0.282 e. The molecule has 0 spiro atoms. The summed E-state index contributed by atoms with van der Waals surface area (Å²) in [6.45, 7) is 0.00959. The number of aliphatic hydroxyl groups excluding tert-OH is 1. The number of aliphatic hydroxyl groups is 1. The van der Waals surface area contributed by atoms with Crippen molar-refractivity contribution in [3.05, 3.63) is 63.8 Å². The van der Waals surface area contributed by atoms with Crippen molar-refractivity contribution in [3.63, 3.8) is 0 Å². The molecule has 1 aliphatic heterocycles. The van der Waals surface area contributed by atoms with Crippen molar-refractivity contribution in [3.8, 4) is 5.75 Å². The van der Waals surface area contributed by atoms with Gasteiger partial charge in [-0.3, -0.25) is 9.59 Å². The number of anilines is 1. The summed E-state index contributed by atoms with van der Waals surface area (Å²) in [6.07, 6.45) is 0. The van der Waals surface area contributed by atoms with E-state index in [2.05, 4.69) is 0 Å². The highest BCUT2D eigenvalue weighted by atomic mass is 35.5. The van der Waals surface area contributed by atoms with E-state index >= 15 is 0 Å². The Morgan fingerprint density at radius 2 is 1.79 bits per heavy atom. The number of hydrogen-bond acceptors (Lipinski definition) is 5. The Morgan fingerprint density at radius 1 is 1.07 bits per heavy atom. The molecule has 0 fully saturated rings. The molecule has 8 heteroatoms. The van der Waals surface area contributed by atoms with Crippen LogP contribution in [0, 0.1) is 0 Å². The molecule has 2 amide bonds. The number of halogens is 2. The molecular weight excluding hydrogens is 403 g/mol. The van der Waals surface area contributed by atoms with Gasteiger partial charge in [0, 0.05) is 19.2 Å². The molecule has 28 heavy (non-hydrogen) atoms. The summed E-state index contributed by atoms with van der Waals surface area (Å²) >= 11 is 12.0. The van der Waals surface area contributed by atoms with Gasteiger partial charge in [0.05, 0.1) is 35.0 Å². The van der Waals surface area contributed by atoms with E-state index in [4.69, 9.17) is 27.9 Å². The maximum atomic E-state index is 13.3. The first-order valence-corrected chi connectivity index (χ1v) is 9.19. The predicted octanol–water partition coefficient (Wildman–Crippen LogP) is 3.21. The first-order valence-electron chi connectivity index (χ1n) is 8.44. The minimum atomic E-state index is -0.514. The Labute approximate surface area is 172 Å². The second-order valence-electron chi connectivity index (χ2n) is 6.11. The zero-order valence-electron chi connectivity index (χ0n) is 15.3. The molecule has 146 valence electrons. The van der Waals surface area contributed by atoms with E-state index in [0.29, 0.717) is 22.0 Å². The van der Waals surface area contributed by atoms with Crippen LogP contribution in [-0.2, 0) is 9.59 Å². The van der Waals surface area contributed by atoms with Crippen LogP contribution >= 0.6 is 23.2 Å². The lowest BCUT2D eigenvalue weighted by Gasteiger charge is -2.20. The summed E-state index contributed by atoms with van der Waals surface area (Å²) in [5.74, 6) is -0.558. The molecule has 0 saturated heterocycles. The van der Waals surface area contributed by atoms with E-state index in [-0.39, 0.29) is 29.4 Å². The number of nitrogens with zero attached hydrogens (tertiary/aromatic N) is 2. The molecule has 1 aliphatic rings. The Morgan fingerprint density at radius 3 is 2.43 bits per heavy atom. The predicted molar refractivity (Wildman–Crippen MR) is 109 cm³/mol. The summed E-state index contributed by atoms with van der Waals surface area (Å²) in [7, 11) is 3.14. The number of carbonyl (C=O) groups is 2. The van der Waals surface area contributed by atoms with E-state index < -0.39 is 11.8 Å². The average molecular weight is 421 g/mol. The van der Waals surface area contributed by atoms with Crippen molar-refractivity contribution in [2.45, 2.75) is 0 Å². The second-order valence-corrected chi connectivity index (χ2v) is 6.93. The van der Waals surface area contributed by atoms with Crippen molar-refractivity contribution >= 4 is 46.3 Å². The van der Waals surface area contributed by atoms with Crippen LogP contribution in [-0.4, -0.2) is 49.1 Å². The fourth-order valence-corrected chi connectivity index (χ4v) is 3.38. The van der Waals surface area contributed by atoms with Gasteiger partial charge in [0.25, 0.3) is 11.8 Å². The highest BCUT2D eigenvalue weighted by molar-refractivity contribution is 6.46. The Bertz CT molecular complexity index is 974. The molecule has 0 saturated carbocycles. The van der Waals surface area contributed by atoms with Gasteiger partial charge in [-0.25, -0.2) is 4.90 Å². The molecule has 0 bridgehead atoms. The third-order valence-corrected chi connectivity index (χ3v) is 5.15. The van der Waals surface area contributed by atoms with Crippen LogP contribution < -0.4 is 9.64 Å². The van der Waals surface area contributed by atoms with Gasteiger partial charge in [-0.2, -0.15) is 0 Å². The summed E-state index contributed by atoms with van der Waals surface area (Å²) in [4.78, 5) is 29.1. The van der Waals surface area contributed by atoms with Gasteiger partial charge in [-0.15, -0.1) is 0 Å². The molecule has 2 aromatic carbocycles. The van der Waals surface area contributed by atoms with Crippen LogP contribution in [0.2, 0.25) is 10.0 Å². The summed E-state index contributed by atoms with van der Waals surface area (Å²) < 4.78 is 5.38. The Kier molecular flexibility index (Phi) is 5.93. The number of benzene rings is 2. The average Bonchev–Trinajstić information content (AvgIpc) is 2.94. The standard InChI is InChI=1S/C20H18Cl2N2O4/c1-23(9-10-25)18-17(13-5-3-4-6-16(13)28-2)19(26)24(20(18)27)12-7-8-14(21)15(22)11-12/h3-8,11,25H,9-10H2,1-2H3. The van der Waals surface area contributed by atoms with Gasteiger partial charge >= 0.3 is 0 Å². The number of methoxy groups -OCH3 is 1. The zero-order valence-corrected chi connectivity index (χ0v) is 16.8. The molecule has 0 unspecified atom stereocenters. The summed E-state index contributed by atoms with van der Waals surface area (Å²) in [6, 6.07) is 11.5. The number of rotatable bonds is 6. The number of imide groups is 1. The largest absolute Gasteiger partial charge is 0.496 e. The lowest BCUT2D eigenvalue weighted by molar-refractivity contribution is -0.120. The van der Waals surface area contributed by atoms with Gasteiger partial charge in [-0.05, 0) is 24.3 Å². The van der Waals surface area contributed by atoms with Crippen LogP contribution in [0.15, 0.2) is 48.2 Å². The third kappa shape index (κ3) is 3.46. The number of ether oxygens (including phenoxy) is 1. The molecule has 3 rings (SSSR count). The van der Waals surface area contributed by atoms with Crippen LogP contribution in [0.1, 0.15) is 5.56 Å². The molecule has 1 N–H and O–H groups in total. The maximum absolute atomic E-state index is 13.3. The summed E-state index contributed by atoms with van der Waals surface area (Å²) in [5, 5.41) is 9.88. The molecule has 0 aliphatic carbocycles. The van der Waals surface area contributed by atoms with Crippen molar-refractivity contribution in [1.82, 2.24) is 4.90 Å². The van der Waals surface area contributed by atoms with Gasteiger partial charge in [0.1, 0.15) is 11.4 Å². The normalized spacial score (nSPS) is 14.1. The monoisotopic (exact) mass is 420 g/mol. The van der Waals surface area contributed by atoms with E-state index in [1.165, 1.54) is 19.2 Å². The van der Waals surface area contributed by atoms with E-state index in [1.54, 1.807) is 42.3 Å². The minimum Gasteiger partial charge on any atom is -0.496 e. The number of para-hydroxylation sites is 1. The van der Waals surface area contributed by atoms with Crippen molar-refractivity contribution in [2.24, 2.45) is 0 Å². The second kappa shape index (κ2) is 8.22. The van der Waals surface area contributed by atoms with Crippen molar-refractivity contribution in [2.75, 3.05) is 32.2 Å². The molecule has 0 atom stereocenters. The Balaban J connectivity index is 2.18. The number of amides is 2. The quantitative estimate of drug-likeness (QED) is 0.726. The molecule has 6 nitrogen and oxygen atoms in total. The van der Waals surface area contributed by atoms with Gasteiger partial charge in [-0.1, -0.05) is 41.4 Å². The van der Waals surface area contributed by atoms with Crippen molar-refractivity contribution in [1.29, 1.82) is 0 Å². The highest BCUT2D eigenvalue weighted by Crippen LogP contribution is 2.39. The number of carbonyl (C=O) groups excluding carboxylic acids is 2. The molecular formula is C20H18Cl2N2O4. The maximum Gasteiger partial charge on any atom is 0.282 e. The summed E-state index contributed by atoms with van der Waals surface area (Å²) in [5.41, 5.74) is 1.17. The lowest BCUT2D eigenvalue weighted by Crippen LogP contribution is -2.34. The van der Waals surface area contributed by atoms with E-state index in [0.717, 1.165) is 4.90 Å². The van der Waals surface area contributed by atoms with Crippen LogP contribution in [0.5, 0.6) is 5.75 Å². The highest BCUT2D eigenvalue weighted by Gasteiger charge is 2.42. The third-order valence-electron chi connectivity index (χ3n) is 4.41. The van der Waals surface area contributed by atoms with Crippen LogP contribution in [0.25, 0.3) is 5.57 Å². The Hall–Kier alpha value is -2.54. The van der Waals surface area contributed by atoms with Gasteiger partial charge in [0.15, 0.2) is 0 Å². The van der Waals surface area contributed by atoms with E-state index in [9.17, 15) is 14.7 Å². The molecule has 1 heterocycles. The van der Waals surface area contributed by atoms with Crippen LogP contribution in [0.3, 0.4) is 0 Å². The topological polar surface area (TPSA) is 70.1 Å². The fourth-order valence-electron chi connectivity index (χ4n) is 3.09. The van der Waals surface area contributed by atoms with E-state index in [1.807, 2.05) is 0 Å². The minimum absolute atomic E-state index is 0.173. The first kappa shape index (κ1) is 20.2.